The summed E-state index contributed by atoms with van der Waals surface area (Å²) in [6.07, 6.45) is 0. The van der Waals surface area contributed by atoms with E-state index in [0.717, 1.165) is 0 Å². The SMILES string of the molecule is COC(=O)c1cc(NC(=O)C(C)(C)Br)ccc1OCC(C)C. The minimum atomic E-state index is -0.703. The minimum absolute atomic E-state index is 0.209. The molecule has 1 aromatic rings. The van der Waals surface area contributed by atoms with Gasteiger partial charge < -0.3 is 14.8 Å². The maximum Gasteiger partial charge on any atom is 0.341 e. The molecule has 122 valence electrons. The van der Waals surface area contributed by atoms with Crippen LogP contribution in [0.4, 0.5) is 5.69 Å². The molecule has 0 saturated carbocycles. The third kappa shape index (κ3) is 5.33. The lowest BCUT2D eigenvalue weighted by Crippen LogP contribution is -2.31. The number of ether oxygens (including phenoxy) is 2. The van der Waals surface area contributed by atoms with Gasteiger partial charge in [0.05, 0.1) is 18.0 Å². The number of nitrogens with one attached hydrogen (secondary N) is 1. The molecule has 0 aliphatic rings. The summed E-state index contributed by atoms with van der Waals surface area (Å²) in [5.41, 5.74) is 0.795. The number of hydrogen-bond acceptors (Lipinski definition) is 4. The van der Waals surface area contributed by atoms with Gasteiger partial charge in [0.2, 0.25) is 5.91 Å². The van der Waals surface area contributed by atoms with Gasteiger partial charge in [-0.25, -0.2) is 4.79 Å². The molecule has 0 aliphatic carbocycles. The Morgan fingerprint density at radius 3 is 2.45 bits per heavy atom. The van der Waals surface area contributed by atoms with Crippen molar-refractivity contribution in [2.24, 2.45) is 5.92 Å². The molecule has 1 N–H and O–H groups in total. The van der Waals surface area contributed by atoms with E-state index in [-0.39, 0.29) is 11.5 Å². The molecule has 1 rings (SSSR count). The monoisotopic (exact) mass is 371 g/mol. The number of alkyl halides is 1. The molecule has 0 aromatic heterocycles. The number of rotatable bonds is 6. The van der Waals surface area contributed by atoms with Crippen molar-refractivity contribution in [2.75, 3.05) is 19.0 Å². The predicted octanol–water partition coefficient (Wildman–Crippen LogP) is 3.62. The van der Waals surface area contributed by atoms with Crippen molar-refractivity contribution in [1.29, 1.82) is 0 Å². The van der Waals surface area contributed by atoms with Crippen molar-refractivity contribution >= 4 is 33.5 Å². The van der Waals surface area contributed by atoms with Gasteiger partial charge in [0.1, 0.15) is 11.3 Å². The largest absolute Gasteiger partial charge is 0.492 e. The summed E-state index contributed by atoms with van der Waals surface area (Å²) in [4.78, 5) is 23.9. The van der Waals surface area contributed by atoms with Gasteiger partial charge in [-0.05, 0) is 38.0 Å². The lowest BCUT2D eigenvalue weighted by molar-refractivity contribution is -0.117. The third-order valence-corrected chi connectivity index (χ3v) is 3.11. The van der Waals surface area contributed by atoms with Crippen molar-refractivity contribution < 1.29 is 19.1 Å². The molecule has 0 heterocycles. The van der Waals surface area contributed by atoms with Crippen LogP contribution in [0, 0.1) is 5.92 Å². The lowest BCUT2D eigenvalue weighted by atomic mass is 10.1. The Hall–Kier alpha value is -1.56. The molecule has 1 aromatic carbocycles. The van der Waals surface area contributed by atoms with Crippen LogP contribution in [-0.4, -0.2) is 29.9 Å². The molecular weight excluding hydrogens is 350 g/mol. The first-order valence-corrected chi connectivity index (χ1v) is 7.80. The Morgan fingerprint density at radius 2 is 1.95 bits per heavy atom. The Balaban J connectivity index is 3.04. The fourth-order valence-corrected chi connectivity index (χ4v) is 1.64. The van der Waals surface area contributed by atoms with Gasteiger partial charge in [0.15, 0.2) is 0 Å². The van der Waals surface area contributed by atoms with Gasteiger partial charge >= 0.3 is 5.97 Å². The van der Waals surface area contributed by atoms with Crippen LogP contribution < -0.4 is 10.1 Å². The summed E-state index contributed by atoms with van der Waals surface area (Å²) < 4.78 is 9.69. The molecule has 22 heavy (non-hydrogen) atoms. The second kappa shape index (κ2) is 7.63. The first-order chi connectivity index (χ1) is 10.1. The summed E-state index contributed by atoms with van der Waals surface area (Å²) in [6, 6.07) is 4.91. The zero-order valence-corrected chi connectivity index (χ0v) is 15.1. The number of carbonyl (C=O) groups is 2. The third-order valence-electron chi connectivity index (χ3n) is 2.75. The van der Waals surface area contributed by atoms with Crippen molar-refractivity contribution in [2.45, 2.75) is 32.0 Å². The van der Waals surface area contributed by atoms with Crippen LogP contribution in [0.1, 0.15) is 38.1 Å². The van der Waals surface area contributed by atoms with E-state index in [1.807, 2.05) is 13.8 Å². The van der Waals surface area contributed by atoms with Crippen LogP contribution >= 0.6 is 15.9 Å². The molecule has 0 bridgehead atoms. The number of hydrogen-bond donors (Lipinski definition) is 1. The molecule has 0 saturated heterocycles. The van der Waals surface area contributed by atoms with E-state index in [4.69, 9.17) is 9.47 Å². The smallest absolute Gasteiger partial charge is 0.341 e. The van der Waals surface area contributed by atoms with E-state index in [9.17, 15) is 9.59 Å². The van der Waals surface area contributed by atoms with Crippen LogP contribution in [-0.2, 0) is 9.53 Å². The van der Waals surface area contributed by atoms with Crippen molar-refractivity contribution in [3.63, 3.8) is 0 Å². The lowest BCUT2D eigenvalue weighted by Gasteiger charge is -2.17. The van der Waals surface area contributed by atoms with Crippen molar-refractivity contribution in [1.82, 2.24) is 0 Å². The number of methoxy groups -OCH3 is 1. The van der Waals surface area contributed by atoms with E-state index in [1.54, 1.807) is 32.0 Å². The molecule has 0 spiro atoms. The van der Waals surface area contributed by atoms with Gasteiger partial charge in [-0.2, -0.15) is 0 Å². The quantitative estimate of drug-likeness (QED) is 0.612. The molecular formula is C16H22BrNO4. The summed E-state index contributed by atoms with van der Waals surface area (Å²) in [5, 5.41) is 2.74. The zero-order chi connectivity index (χ0) is 16.9. The Kier molecular flexibility index (Phi) is 6.41. The summed E-state index contributed by atoms with van der Waals surface area (Å²) in [6.45, 7) is 8.01. The highest BCUT2D eigenvalue weighted by molar-refractivity contribution is 9.10. The van der Waals surface area contributed by atoms with E-state index >= 15 is 0 Å². The van der Waals surface area contributed by atoms with E-state index in [1.165, 1.54) is 7.11 Å². The predicted molar refractivity (Wildman–Crippen MR) is 89.8 cm³/mol. The normalized spacial score (nSPS) is 11.2. The van der Waals surface area contributed by atoms with E-state index in [0.29, 0.717) is 24.0 Å². The topological polar surface area (TPSA) is 64.6 Å². The van der Waals surface area contributed by atoms with Gasteiger partial charge in [0, 0.05) is 5.69 Å². The van der Waals surface area contributed by atoms with Gasteiger partial charge in [-0.1, -0.05) is 29.8 Å². The molecule has 0 unspecified atom stereocenters. The summed E-state index contributed by atoms with van der Waals surface area (Å²) in [7, 11) is 1.31. The molecule has 0 aliphatic heterocycles. The average Bonchev–Trinajstić information content (AvgIpc) is 2.43. The van der Waals surface area contributed by atoms with Gasteiger partial charge in [-0.3, -0.25) is 4.79 Å². The first-order valence-electron chi connectivity index (χ1n) is 7.00. The highest BCUT2D eigenvalue weighted by Crippen LogP contribution is 2.26. The Morgan fingerprint density at radius 1 is 1.32 bits per heavy atom. The molecule has 6 heteroatoms. The highest BCUT2D eigenvalue weighted by atomic mass is 79.9. The first kappa shape index (κ1) is 18.5. The van der Waals surface area contributed by atoms with E-state index in [2.05, 4.69) is 21.2 Å². The standard InChI is InChI=1S/C16H22BrNO4/c1-10(2)9-22-13-7-6-11(8-12(13)14(19)21-5)18-15(20)16(3,4)17/h6-8,10H,9H2,1-5H3,(H,18,20). The zero-order valence-electron chi connectivity index (χ0n) is 13.5. The fourth-order valence-electron chi connectivity index (χ4n) is 1.54. The second-order valence-electron chi connectivity index (χ2n) is 5.83. The van der Waals surface area contributed by atoms with Crippen LogP contribution in [0.5, 0.6) is 5.75 Å². The highest BCUT2D eigenvalue weighted by Gasteiger charge is 2.24. The molecule has 5 nitrogen and oxygen atoms in total. The molecule has 0 radical (unpaired) electrons. The number of amides is 1. The number of anilines is 1. The minimum Gasteiger partial charge on any atom is -0.492 e. The number of halogens is 1. The second-order valence-corrected chi connectivity index (χ2v) is 7.82. The maximum absolute atomic E-state index is 12.0. The number of carbonyl (C=O) groups excluding carboxylic acids is 2. The van der Waals surface area contributed by atoms with Crippen LogP contribution in [0.15, 0.2) is 18.2 Å². The van der Waals surface area contributed by atoms with Crippen molar-refractivity contribution in [3.8, 4) is 5.75 Å². The van der Waals surface area contributed by atoms with E-state index < -0.39 is 10.3 Å². The molecule has 1 amide bonds. The Bertz CT molecular complexity index is 550. The maximum atomic E-state index is 12.0. The van der Waals surface area contributed by atoms with Crippen LogP contribution in [0.3, 0.4) is 0 Å². The molecule has 0 atom stereocenters. The van der Waals surface area contributed by atoms with Crippen LogP contribution in [0.25, 0.3) is 0 Å². The van der Waals surface area contributed by atoms with Gasteiger partial charge in [-0.15, -0.1) is 0 Å². The number of benzene rings is 1. The molecule has 0 fully saturated rings. The summed E-state index contributed by atoms with van der Waals surface area (Å²) in [5.74, 6) is 0.0582. The Labute approximate surface area is 139 Å². The fraction of sp³-hybridized carbons (Fsp3) is 0.500. The van der Waals surface area contributed by atoms with Crippen LogP contribution in [0.2, 0.25) is 0 Å². The van der Waals surface area contributed by atoms with Crippen molar-refractivity contribution in [3.05, 3.63) is 23.8 Å². The average molecular weight is 372 g/mol. The summed E-state index contributed by atoms with van der Waals surface area (Å²) >= 11 is 3.29. The van der Waals surface area contributed by atoms with Gasteiger partial charge in [0.25, 0.3) is 0 Å². The number of esters is 1.